The van der Waals surface area contributed by atoms with E-state index in [1.54, 1.807) is 18.3 Å². The fourth-order valence-corrected chi connectivity index (χ4v) is 2.30. The molecule has 0 N–H and O–H groups in total. The summed E-state index contributed by atoms with van der Waals surface area (Å²) in [5, 5.41) is 5.53. The highest BCUT2D eigenvalue weighted by Gasteiger charge is 2.30. The number of hydrogen-bond donors (Lipinski definition) is 0. The number of rotatable bonds is 2. The molecule has 1 amide bonds. The zero-order valence-corrected chi connectivity index (χ0v) is 11.9. The van der Waals surface area contributed by atoms with Gasteiger partial charge in [-0.25, -0.2) is 5.01 Å². The maximum Gasteiger partial charge on any atom is 0.416 e. The van der Waals surface area contributed by atoms with E-state index in [1.165, 1.54) is 23.3 Å². The Balaban J connectivity index is 1.79. The SMILES string of the molecule is O=C(c1cccnc1)N1CCC(c2ccc(C(F)(F)F)cc2)=N1. The second-order valence-corrected chi connectivity index (χ2v) is 5.04. The number of nitrogens with zero attached hydrogens (tertiary/aromatic N) is 3. The van der Waals surface area contributed by atoms with Crippen molar-refractivity contribution < 1.29 is 18.0 Å². The number of carbonyl (C=O) groups is 1. The Morgan fingerprint density at radius 2 is 1.87 bits per heavy atom. The number of halogens is 3. The minimum atomic E-state index is -4.36. The summed E-state index contributed by atoms with van der Waals surface area (Å²) in [6.45, 7) is 0.393. The number of amides is 1. The van der Waals surface area contributed by atoms with Gasteiger partial charge in [0, 0.05) is 18.8 Å². The minimum Gasteiger partial charge on any atom is -0.267 e. The number of aromatic nitrogens is 1. The topological polar surface area (TPSA) is 45.6 Å². The van der Waals surface area contributed by atoms with E-state index in [2.05, 4.69) is 10.1 Å². The molecule has 0 atom stereocenters. The number of carbonyl (C=O) groups excluding carboxylic acids is 1. The fraction of sp³-hybridized carbons (Fsp3) is 0.188. The van der Waals surface area contributed by atoms with E-state index in [-0.39, 0.29) is 5.91 Å². The van der Waals surface area contributed by atoms with E-state index in [4.69, 9.17) is 0 Å². The van der Waals surface area contributed by atoms with E-state index in [0.717, 1.165) is 12.1 Å². The predicted molar refractivity (Wildman–Crippen MR) is 77.9 cm³/mol. The first-order valence-corrected chi connectivity index (χ1v) is 6.92. The van der Waals surface area contributed by atoms with Crippen molar-refractivity contribution in [2.75, 3.05) is 6.54 Å². The molecule has 3 rings (SSSR count). The molecule has 0 radical (unpaired) electrons. The van der Waals surface area contributed by atoms with Gasteiger partial charge in [0.2, 0.25) is 0 Å². The molecular formula is C16H12F3N3O. The standard InChI is InChI=1S/C16H12F3N3O/c17-16(18,19)13-5-3-11(4-6-13)14-7-9-22(21-14)15(23)12-2-1-8-20-10-12/h1-6,8,10H,7,9H2. The quantitative estimate of drug-likeness (QED) is 0.852. The van der Waals surface area contributed by atoms with Gasteiger partial charge in [-0.2, -0.15) is 18.3 Å². The van der Waals surface area contributed by atoms with Crippen molar-refractivity contribution >= 4 is 11.6 Å². The zero-order valence-electron chi connectivity index (χ0n) is 11.9. The van der Waals surface area contributed by atoms with E-state index < -0.39 is 11.7 Å². The lowest BCUT2D eigenvalue weighted by Gasteiger charge is -2.10. The first kappa shape index (κ1) is 15.2. The summed E-state index contributed by atoms with van der Waals surface area (Å²) in [4.78, 5) is 16.1. The number of hydrogen-bond acceptors (Lipinski definition) is 3. The molecule has 4 nitrogen and oxygen atoms in total. The first-order valence-electron chi connectivity index (χ1n) is 6.92. The maximum absolute atomic E-state index is 12.6. The van der Waals surface area contributed by atoms with Crippen LogP contribution in [0.15, 0.2) is 53.9 Å². The molecule has 7 heteroatoms. The van der Waals surface area contributed by atoms with Gasteiger partial charge in [0.15, 0.2) is 0 Å². The lowest BCUT2D eigenvalue weighted by molar-refractivity contribution is -0.137. The van der Waals surface area contributed by atoms with Gasteiger partial charge in [0.1, 0.15) is 0 Å². The molecular weight excluding hydrogens is 307 g/mol. The third-order valence-corrected chi connectivity index (χ3v) is 3.49. The van der Waals surface area contributed by atoms with Crippen molar-refractivity contribution in [2.45, 2.75) is 12.6 Å². The first-order chi connectivity index (χ1) is 10.9. The van der Waals surface area contributed by atoms with Crippen molar-refractivity contribution in [1.82, 2.24) is 9.99 Å². The van der Waals surface area contributed by atoms with Crippen molar-refractivity contribution in [3.05, 3.63) is 65.5 Å². The van der Waals surface area contributed by atoms with Gasteiger partial charge in [-0.05, 0) is 29.8 Å². The van der Waals surface area contributed by atoms with Crippen molar-refractivity contribution in [3.8, 4) is 0 Å². The van der Waals surface area contributed by atoms with Crippen LogP contribution in [0.1, 0.15) is 27.9 Å². The van der Waals surface area contributed by atoms with Crippen molar-refractivity contribution in [1.29, 1.82) is 0 Å². The molecule has 0 spiro atoms. The van der Waals surface area contributed by atoms with Crippen LogP contribution in [0.2, 0.25) is 0 Å². The van der Waals surface area contributed by atoms with Crippen molar-refractivity contribution in [2.24, 2.45) is 5.10 Å². The van der Waals surface area contributed by atoms with Gasteiger partial charge in [-0.3, -0.25) is 9.78 Å². The number of pyridine rings is 1. The van der Waals surface area contributed by atoms with E-state index in [9.17, 15) is 18.0 Å². The third kappa shape index (κ3) is 3.23. The number of hydrazone groups is 1. The largest absolute Gasteiger partial charge is 0.416 e. The van der Waals surface area contributed by atoms with Crippen molar-refractivity contribution in [3.63, 3.8) is 0 Å². The van der Waals surface area contributed by atoms with E-state index in [1.807, 2.05) is 0 Å². The summed E-state index contributed by atoms with van der Waals surface area (Å²) in [5.41, 5.74) is 0.892. The molecule has 1 aromatic carbocycles. The average molecular weight is 319 g/mol. The molecule has 0 unspecified atom stereocenters. The van der Waals surface area contributed by atoms with Crippen LogP contribution in [0.25, 0.3) is 0 Å². The molecule has 0 fully saturated rings. The fourth-order valence-electron chi connectivity index (χ4n) is 2.30. The van der Waals surface area contributed by atoms with Gasteiger partial charge < -0.3 is 0 Å². The Bertz CT molecular complexity index is 739. The summed E-state index contributed by atoms with van der Waals surface area (Å²) in [6, 6.07) is 8.08. The summed E-state index contributed by atoms with van der Waals surface area (Å²) >= 11 is 0. The van der Waals surface area contributed by atoms with Gasteiger partial charge in [0.25, 0.3) is 5.91 Å². The van der Waals surface area contributed by atoms with Crippen LogP contribution in [-0.4, -0.2) is 28.2 Å². The highest BCUT2D eigenvalue weighted by atomic mass is 19.4. The van der Waals surface area contributed by atoms with Crippen LogP contribution in [0, 0.1) is 0 Å². The Labute approximate surface area is 130 Å². The molecule has 2 heterocycles. The molecule has 1 aliphatic heterocycles. The second kappa shape index (κ2) is 5.83. The molecule has 0 bridgehead atoms. The van der Waals surface area contributed by atoms with Crippen LogP contribution < -0.4 is 0 Å². The maximum atomic E-state index is 12.6. The third-order valence-electron chi connectivity index (χ3n) is 3.49. The summed E-state index contributed by atoms with van der Waals surface area (Å²) in [6.07, 6.45) is -0.846. The molecule has 0 saturated heterocycles. The van der Waals surface area contributed by atoms with Gasteiger partial charge in [0.05, 0.1) is 23.4 Å². The van der Waals surface area contributed by atoms with E-state index >= 15 is 0 Å². The van der Waals surface area contributed by atoms with Gasteiger partial charge in [-0.1, -0.05) is 12.1 Å². The smallest absolute Gasteiger partial charge is 0.267 e. The molecule has 0 aliphatic carbocycles. The summed E-state index contributed by atoms with van der Waals surface area (Å²) in [7, 11) is 0. The lowest BCUT2D eigenvalue weighted by atomic mass is 10.1. The van der Waals surface area contributed by atoms with Crippen LogP contribution in [0.5, 0.6) is 0 Å². The molecule has 0 saturated carbocycles. The highest BCUT2D eigenvalue weighted by Crippen LogP contribution is 2.29. The zero-order chi connectivity index (χ0) is 16.4. The summed E-state index contributed by atoms with van der Waals surface area (Å²) in [5.74, 6) is -0.278. The average Bonchev–Trinajstić information content (AvgIpc) is 3.04. The Hall–Kier alpha value is -2.70. The van der Waals surface area contributed by atoms with Crippen LogP contribution in [0.4, 0.5) is 13.2 Å². The normalized spacial score (nSPS) is 14.7. The van der Waals surface area contributed by atoms with Gasteiger partial charge >= 0.3 is 6.18 Å². The van der Waals surface area contributed by atoms with Crippen LogP contribution in [0.3, 0.4) is 0 Å². The van der Waals surface area contributed by atoms with Crippen LogP contribution in [-0.2, 0) is 6.18 Å². The van der Waals surface area contributed by atoms with Gasteiger partial charge in [-0.15, -0.1) is 0 Å². The number of benzene rings is 1. The van der Waals surface area contributed by atoms with Crippen LogP contribution >= 0.6 is 0 Å². The molecule has 1 aromatic heterocycles. The molecule has 23 heavy (non-hydrogen) atoms. The Morgan fingerprint density at radius 1 is 1.13 bits per heavy atom. The summed E-state index contributed by atoms with van der Waals surface area (Å²) < 4.78 is 37.7. The monoisotopic (exact) mass is 319 g/mol. The highest BCUT2D eigenvalue weighted by molar-refractivity contribution is 6.04. The second-order valence-electron chi connectivity index (χ2n) is 5.04. The number of alkyl halides is 3. The lowest BCUT2D eigenvalue weighted by Crippen LogP contribution is -2.23. The predicted octanol–water partition coefficient (Wildman–Crippen LogP) is 3.35. The Kier molecular flexibility index (Phi) is 3.85. The van der Waals surface area contributed by atoms with E-state index in [0.29, 0.717) is 29.8 Å². The minimum absolute atomic E-state index is 0.278. The Morgan fingerprint density at radius 3 is 2.48 bits per heavy atom. The molecule has 118 valence electrons. The molecule has 2 aromatic rings. The molecule has 1 aliphatic rings.